The molecule has 2 rings (SSSR count). The second-order valence-electron chi connectivity index (χ2n) is 5.93. The van der Waals surface area contributed by atoms with Crippen LogP contribution in [0.3, 0.4) is 0 Å². The minimum atomic E-state index is -3.65. The number of benzene rings is 2. The first kappa shape index (κ1) is 19.0. The maximum absolute atomic E-state index is 12.4. The molecule has 2 aromatic rings. The standard InChI is InChI=1S/C18H22N2O4S/c1-13(2)12-19-25(22,23)15-8-6-7-14(11-15)18(21)20-16-9-4-5-10-17(16)24-3/h4-11,13,19H,12H2,1-3H3,(H,20,21). The number of hydrogen-bond acceptors (Lipinski definition) is 4. The summed E-state index contributed by atoms with van der Waals surface area (Å²) in [5, 5.41) is 2.73. The van der Waals surface area contributed by atoms with E-state index in [2.05, 4.69) is 10.0 Å². The highest BCUT2D eigenvalue weighted by molar-refractivity contribution is 7.89. The molecule has 0 unspecified atom stereocenters. The molecule has 0 aliphatic rings. The number of methoxy groups -OCH3 is 1. The smallest absolute Gasteiger partial charge is 0.255 e. The fraction of sp³-hybridized carbons (Fsp3) is 0.278. The van der Waals surface area contributed by atoms with E-state index in [1.807, 2.05) is 13.8 Å². The van der Waals surface area contributed by atoms with Crippen LogP contribution in [0.1, 0.15) is 24.2 Å². The molecule has 2 aromatic carbocycles. The Morgan fingerprint density at radius 1 is 1.12 bits per heavy atom. The van der Waals surface area contributed by atoms with Gasteiger partial charge in [0.15, 0.2) is 0 Å². The van der Waals surface area contributed by atoms with E-state index in [0.29, 0.717) is 18.0 Å². The molecule has 0 radical (unpaired) electrons. The summed E-state index contributed by atoms with van der Waals surface area (Å²) in [6.45, 7) is 4.17. The Hall–Kier alpha value is -2.38. The number of hydrogen-bond donors (Lipinski definition) is 2. The van der Waals surface area contributed by atoms with Gasteiger partial charge in [-0.05, 0) is 36.2 Å². The predicted molar refractivity (Wildman–Crippen MR) is 97.4 cm³/mol. The van der Waals surface area contributed by atoms with Gasteiger partial charge in [-0.1, -0.05) is 32.0 Å². The van der Waals surface area contributed by atoms with Crippen molar-refractivity contribution in [1.29, 1.82) is 0 Å². The number of nitrogens with one attached hydrogen (secondary N) is 2. The van der Waals surface area contributed by atoms with Gasteiger partial charge < -0.3 is 10.1 Å². The topological polar surface area (TPSA) is 84.5 Å². The fourth-order valence-electron chi connectivity index (χ4n) is 2.11. The predicted octanol–water partition coefficient (Wildman–Crippen LogP) is 2.88. The zero-order valence-corrected chi connectivity index (χ0v) is 15.3. The molecule has 0 saturated heterocycles. The first-order chi connectivity index (χ1) is 11.8. The van der Waals surface area contributed by atoms with Crippen LogP contribution in [0.15, 0.2) is 53.4 Å². The summed E-state index contributed by atoms with van der Waals surface area (Å²) < 4.78 is 32.3. The number of sulfonamides is 1. The van der Waals surface area contributed by atoms with Gasteiger partial charge in [0.2, 0.25) is 10.0 Å². The van der Waals surface area contributed by atoms with Crippen molar-refractivity contribution in [2.24, 2.45) is 5.92 Å². The number of para-hydroxylation sites is 2. The summed E-state index contributed by atoms with van der Waals surface area (Å²) in [7, 11) is -2.14. The molecule has 2 N–H and O–H groups in total. The SMILES string of the molecule is COc1ccccc1NC(=O)c1cccc(S(=O)(=O)NCC(C)C)c1. The number of anilines is 1. The maximum atomic E-state index is 12.4. The summed E-state index contributed by atoms with van der Waals surface area (Å²) in [5.74, 6) is 0.301. The van der Waals surface area contributed by atoms with Crippen LogP contribution in [-0.4, -0.2) is 28.0 Å². The second-order valence-corrected chi connectivity index (χ2v) is 7.69. The van der Waals surface area contributed by atoms with E-state index >= 15 is 0 Å². The molecular formula is C18H22N2O4S. The Morgan fingerprint density at radius 2 is 1.84 bits per heavy atom. The lowest BCUT2D eigenvalue weighted by molar-refractivity contribution is 0.102. The molecule has 6 nitrogen and oxygen atoms in total. The lowest BCUT2D eigenvalue weighted by atomic mass is 10.2. The Morgan fingerprint density at radius 3 is 2.52 bits per heavy atom. The van der Waals surface area contributed by atoms with Crippen molar-refractivity contribution >= 4 is 21.6 Å². The molecule has 25 heavy (non-hydrogen) atoms. The molecule has 7 heteroatoms. The third kappa shape index (κ3) is 5.04. The molecule has 0 fully saturated rings. The van der Waals surface area contributed by atoms with Gasteiger partial charge in [-0.25, -0.2) is 13.1 Å². The van der Waals surface area contributed by atoms with E-state index in [1.165, 1.54) is 19.2 Å². The van der Waals surface area contributed by atoms with Gasteiger partial charge in [0.25, 0.3) is 5.91 Å². The average molecular weight is 362 g/mol. The number of ether oxygens (including phenoxy) is 1. The van der Waals surface area contributed by atoms with Crippen LogP contribution in [0.5, 0.6) is 5.75 Å². The second kappa shape index (κ2) is 8.13. The lowest BCUT2D eigenvalue weighted by Crippen LogP contribution is -2.27. The normalized spacial score (nSPS) is 11.4. The van der Waals surface area contributed by atoms with E-state index in [9.17, 15) is 13.2 Å². The van der Waals surface area contributed by atoms with E-state index in [0.717, 1.165) is 0 Å². The number of carbonyl (C=O) groups excluding carboxylic acids is 1. The maximum Gasteiger partial charge on any atom is 0.255 e. The Labute approximate surface area is 148 Å². The van der Waals surface area contributed by atoms with Crippen molar-refractivity contribution < 1.29 is 17.9 Å². The van der Waals surface area contributed by atoms with Gasteiger partial charge in [-0.3, -0.25) is 4.79 Å². The minimum Gasteiger partial charge on any atom is -0.495 e. The van der Waals surface area contributed by atoms with Crippen LogP contribution in [-0.2, 0) is 10.0 Å². The van der Waals surface area contributed by atoms with Gasteiger partial charge in [0.1, 0.15) is 5.75 Å². The highest BCUT2D eigenvalue weighted by atomic mass is 32.2. The van der Waals surface area contributed by atoms with Crippen LogP contribution < -0.4 is 14.8 Å². The number of carbonyl (C=O) groups is 1. The molecule has 1 amide bonds. The van der Waals surface area contributed by atoms with E-state index in [1.54, 1.807) is 36.4 Å². The largest absolute Gasteiger partial charge is 0.495 e. The van der Waals surface area contributed by atoms with Gasteiger partial charge in [0.05, 0.1) is 17.7 Å². The summed E-state index contributed by atoms with van der Waals surface area (Å²) >= 11 is 0. The average Bonchev–Trinajstić information content (AvgIpc) is 2.60. The van der Waals surface area contributed by atoms with Crippen molar-refractivity contribution in [3.8, 4) is 5.75 Å². The molecule has 134 valence electrons. The summed E-state index contributed by atoms with van der Waals surface area (Å²) in [5.41, 5.74) is 0.763. The Balaban J connectivity index is 2.22. The van der Waals surface area contributed by atoms with Crippen molar-refractivity contribution in [2.75, 3.05) is 19.0 Å². The first-order valence-electron chi connectivity index (χ1n) is 7.87. The van der Waals surface area contributed by atoms with Crippen LogP contribution in [0.2, 0.25) is 0 Å². The molecule has 0 aliphatic heterocycles. The summed E-state index contributed by atoms with van der Waals surface area (Å²) in [4.78, 5) is 12.5. The molecular weight excluding hydrogens is 340 g/mol. The van der Waals surface area contributed by atoms with Gasteiger partial charge in [-0.15, -0.1) is 0 Å². The molecule has 0 saturated carbocycles. The van der Waals surface area contributed by atoms with Crippen molar-refractivity contribution in [3.05, 3.63) is 54.1 Å². The van der Waals surface area contributed by atoms with Crippen LogP contribution in [0, 0.1) is 5.92 Å². The molecule has 0 heterocycles. The third-order valence-electron chi connectivity index (χ3n) is 3.44. The molecule has 0 aromatic heterocycles. The van der Waals surface area contributed by atoms with E-state index < -0.39 is 15.9 Å². The van der Waals surface area contributed by atoms with Gasteiger partial charge in [0, 0.05) is 12.1 Å². The van der Waals surface area contributed by atoms with Crippen LogP contribution in [0.25, 0.3) is 0 Å². The molecule has 0 bridgehead atoms. The van der Waals surface area contributed by atoms with Crippen molar-refractivity contribution in [1.82, 2.24) is 4.72 Å². The molecule has 0 aliphatic carbocycles. The number of rotatable bonds is 7. The quantitative estimate of drug-likeness (QED) is 0.793. The van der Waals surface area contributed by atoms with Gasteiger partial charge in [-0.2, -0.15) is 0 Å². The zero-order valence-electron chi connectivity index (χ0n) is 14.4. The van der Waals surface area contributed by atoms with E-state index in [-0.39, 0.29) is 16.4 Å². The molecule has 0 atom stereocenters. The highest BCUT2D eigenvalue weighted by Crippen LogP contribution is 2.24. The zero-order chi connectivity index (χ0) is 18.4. The van der Waals surface area contributed by atoms with Crippen LogP contribution >= 0.6 is 0 Å². The Kier molecular flexibility index (Phi) is 6.17. The van der Waals surface area contributed by atoms with Gasteiger partial charge >= 0.3 is 0 Å². The monoisotopic (exact) mass is 362 g/mol. The summed E-state index contributed by atoms with van der Waals surface area (Å²) in [6.07, 6.45) is 0. The van der Waals surface area contributed by atoms with E-state index in [4.69, 9.17) is 4.74 Å². The highest BCUT2D eigenvalue weighted by Gasteiger charge is 2.17. The first-order valence-corrected chi connectivity index (χ1v) is 9.36. The van der Waals surface area contributed by atoms with Crippen LogP contribution in [0.4, 0.5) is 5.69 Å². The number of amides is 1. The van der Waals surface area contributed by atoms with Crippen molar-refractivity contribution in [3.63, 3.8) is 0 Å². The fourth-order valence-corrected chi connectivity index (χ4v) is 3.37. The minimum absolute atomic E-state index is 0.0563. The Bertz CT molecular complexity index is 848. The lowest BCUT2D eigenvalue weighted by Gasteiger charge is -2.11. The summed E-state index contributed by atoms with van der Waals surface area (Å²) in [6, 6.07) is 12.9. The third-order valence-corrected chi connectivity index (χ3v) is 4.86. The molecule has 0 spiro atoms. The van der Waals surface area contributed by atoms with Crippen molar-refractivity contribution in [2.45, 2.75) is 18.7 Å².